The summed E-state index contributed by atoms with van der Waals surface area (Å²) in [5.74, 6) is 0.396. The molecule has 5 heteroatoms. The molecule has 0 amide bonds. The Kier molecular flexibility index (Phi) is 3.54. The number of benzene rings is 1. The van der Waals surface area contributed by atoms with Crippen molar-refractivity contribution in [3.8, 4) is 0 Å². The molecule has 0 radical (unpaired) electrons. The second-order valence-electron chi connectivity index (χ2n) is 3.64. The summed E-state index contributed by atoms with van der Waals surface area (Å²) in [5, 5.41) is 3.54. The van der Waals surface area contributed by atoms with Crippen LogP contribution in [-0.2, 0) is 0 Å². The summed E-state index contributed by atoms with van der Waals surface area (Å²) in [7, 11) is 0. The summed E-state index contributed by atoms with van der Waals surface area (Å²) in [6.07, 6.45) is 1.39. The van der Waals surface area contributed by atoms with Crippen LogP contribution in [0.4, 0.5) is 10.2 Å². The van der Waals surface area contributed by atoms with Crippen LogP contribution in [-0.4, -0.2) is 9.97 Å². The quantitative estimate of drug-likeness (QED) is 0.849. The van der Waals surface area contributed by atoms with Gasteiger partial charge in [-0.05, 0) is 24.6 Å². The molecule has 0 bridgehead atoms. The molecule has 0 aliphatic heterocycles. The van der Waals surface area contributed by atoms with Gasteiger partial charge < -0.3 is 5.32 Å². The van der Waals surface area contributed by atoms with Crippen LogP contribution in [0.1, 0.15) is 18.5 Å². The molecule has 1 heterocycles. The summed E-state index contributed by atoms with van der Waals surface area (Å²) in [4.78, 5) is 7.84. The average molecular weight is 252 g/mol. The van der Waals surface area contributed by atoms with E-state index in [-0.39, 0.29) is 11.9 Å². The predicted molar refractivity (Wildman–Crippen MR) is 65.5 cm³/mol. The van der Waals surface area contributed by atoms with E-state index in [4.69, 9.17) is 11.6 Å². The predicted octanol–water partition coefficient (Wildman–Crippen LogP) is 3.44. The highest BCUT2D eigenvalue weighted by Crippen LogP contribution is 2.19. The van der Waals surface area contributed by atoms with Gasteiger partial charge in [-0.15, -0.1) is 0 Å². The first kappa shape index (κ1) is 11.8. The Hall–Kier alpha value is -1.68. The van der Waals surface area contributed by atoms with Crippen molar-refractivity contribution in [3.63, 3.8) is 0 Å². The molecule has 1 aromatic carbocycles. The maximum absolute atomic E-state index is 12.8. The summed E-state index contributed by atoms with van der Waals surface area (Å²) in [6, 6.07) is 7.98. The zero-order valence-corrected chi connectivity index (χ0v) is 9.95. The molecule has 0 saturated heterocycles. The molecule has 0 aliphatic rings. The third-order valence-corrected chi connectivity index (χ3v) is 2.57. The normalized spacial score (nSPS) is 12.2. The first-order valence-corrected chi connectivity index (χ1v) is 5.52. The van der Waals surface area contributed by atoms with Crippen molar-refractivity contribution in [2.45, 2.75) is 13.0 Å². The minimum Gasteiger partial charge on any atom is -0.363 e. The van der Waals surface area contributed by atoms with Gasteiger partial charge in [-0.1, -0.05) is 23.7 Å². The number of nitrogens with one attached hydrogen (secondary N) is 1. The van der Waals surface area contributed by atoms with E-state index in [2.05, 4.69) is 15.3 Å². The average Bonchev–Trinajstić information content (AvgIpc) is 2.29. The second kappa shape index (κ2) is 5.10. The minimum atomic E-state index is -0.244. The van der Waals surface area contributed by atoms with Crippen LogP contribution in [0.15, 0.2) is 36.7 Å². The van der Waals surface area contributed by atoms with Crippen LogP contribution < -0.4 is 5.32 Å². The van der Waals surface area contributed by atoms with E-state index < -0.39 is 0 Å². The van der Waals surface area contributed by atoms with E-state index in [0.29, 0.717) is 11.0 Å². The second-order valence-corrected chi connectivity index (χ2v) is 4.03. The summed E-state index contributed by atoms with van der Waals surface area (Å²) in [5.41, 5.74) is 0.973. The van der Waals surface area contributed by atoms with Gasteiger partial charge in [0.1, 0.15) is 23.1 Å². The van der Waals surface area contributed by atoms with Crippen molar-refractivity contribution < 1.29 is 4.39 Å². The number of anilines is 1. The van der Waals surface area contributed by atoms with Crippen LogP contribution in [0.25, 0.3) is 0 Å². The van der Waals surface area contributed by atoms with Crippen molar-refractivity contribution in [2.24, 2.45) is 0 Å². The van der Waals surface area contributed by atoms with Crippen LogP contribution in [0.2, 0.25) is 5.15 Å². The molecule has 88 valence electrons. The molecule has 0 fully saturated rings. The molecule has 2 rings (SSSR count). The van der Waals surface area contributed by atoms with Gasteiger partial charge in [0, 0.05) is 12.1 Å². The SMILES string of the molecule is C[C@H](Nc1cc(Cl)ncn1)c1ccc(F)cc1. The molecule has 2 aromatic rings. The summed E-state index contributed by atoms with van der Waals surface area (Å²) >= 11 is 5.75. The molecule has 0 saturated carbocycles. The Morgan fingerprint density at radius 3 is 2.59 bits per heavy atom. The van der Waals surface area contributed by atoms with E-state index >= 15 is 0 Å². The van der Waals surface area contributed by atoms with Crippen LogP contribution >= 0.6 is 11.6 Å². The van der Waals surface area contributed by atoms with Gasteiger partial charge >= 0.3 is 0 Å². The number of rotatable bonds is 3. The molecule has 0 unspecified atom stereocenters. The van der Waals surface area contributed by atoms with E-state index in [0.717, 1.165) is 5.56 Å². The monoisotopic (exact) mass is 251 g/mol. The molecular weight excluding hydrogens is 241 g/mol. The zero-order valence-electron chi connectivity index (χ0n) is 9.19. The zero-order chi connectivity index (χ0) is 12.3. The number of aromatic nitrogens is 2. The maximum Gasteiger partial charge on any atom is 0.134 e. The number of nitrogens with zero attached hydrogens (tertiary/aromatic N) is 2. The summed E-state index contributed by atoms with van der Waals surface area (Å²) < 4.78 is 12.8. The first-order valence-electron chi connectivity index (χ1n) is 5.14. The molecule has 1 N–H and O–H groups in total. The van der Waals surface area contributed by atoms with Gasteiger partial charge in [-0.25, -0.2) is 14.4 Å². The Bertz CT molecular complexity index is 501. The van der Waals surface area contributed by atoms with E-state index in [1.54, 1.807) is 18.2 Å². The number of hydrogen-bond acceptors (Lipinski definition) is 3. The molecule has 0 spiro atoms. The largest absolute Gasteiger partial charge is 0.363 e. The third-order valence-electron chi connectivity index (χ3n) is 2.37. The van der Waals surface area contributed by atoms with Gasteiger partial charge in [-0.2, -0.15) is 0 Å². The standard InChI is InChI=1S/C12H11ClFN3/c1-8(9-2-4-10(14)5-3-9)17-12-6-11(13)15-7-16-12/h2-8H,1H3,(H,15,16,17)/t8-/m0/s1. The number of hydrogen-bond donors (Lipinski definition) is 1. The highest BCUT2D eigenvalue weighted by Gasteiger charge is 2.06. The van der Waals surface area contributed by atoms with Gasteiger partial charge in [0.25, 0.3) is 0 Å². The maximum atomic E-state index is 12.8. The smallest absolute Gasteiger partial charge is 0.134 e. The lowest BCUT2D eigenvalue weighted by Crippen LogP contribution is -2.08. The Morgan fingerprint density at radius 2 is 1.94 bits per heavy atom. The molecule has 3 nitrogen and oxygen atoms in total. The first-order chi connectivity index (χ1) is 8.15. The highest BCUT2D eigenvalue weighted by atomic mass is 35.5. The lowest BCUT2D eigenvalue weighted by molar-refractivity contribution is 0.626. The van der Waals surface area contributed by atoms with Crippen molar-refractivity contribution in [1.29, 1.82) is 0 Å². The van der Waals surface area contributed by atoms with Crippen molar-refractivity contribution in [3.05, 3.63) is 53.2 Å². The summed E-state index contributed by atoms with van der Waals surface area (Å²) in [6.45, 7) is 1.96. The van der Waals surface area contributed by atoms with Gasteiger partial charge in [0.15, 0.2) is 0 Å². The van der Waals surface area contributed by atoms with Crippen LogP contribution in [0.3, 0.4) is 0 Å². The molecule has 17 heavy (non-hydrogen) atoms. The third kappa shape index (κ3) is 3.14. The van der Waals surface area contributed by atoms with Gasteiger partial charge in [0.05, 0.1) is 0 Å². The van der Waals surface area contributed by atoms with E-state index in [1.165, 1.54) is 18.5 Å². The minimum absolute atomic E-state index is 0.0153. The van der Waals surface area contributed by atoms with Crippen LogP contribution in [0, 0.1) is 5.82 Å². The van der Waals surface area contributed by atoms with E-state index in [9.17, 15) is 4.39 Å². The number of halogens is 2. The van der Waals surface area contributed by atoms with Crippen molar-refractivity contribution in [1.82, 2.24) is 9.97 Å². The van der Waals surface area contributed by atoms with E-state index in [1.807, 2.05) is 6.92 Å². The highest BCUT2D eigenvalue weighted by molar-refractivity contribution is 6.29. The lowest BCUT2D eigenvalue weighted by Gasteiger charge is -2.14. The van der Waals surface area contributed by atoms with Crippen molar-refractivity contribution in [2.75, 3.05) is 5.32 Å². The Labute approximate surface area is 104 Å². The molecular formula is C12H11ClFN3. The van der Waals surface area contributed by atoms with Crippen molar-refractivity contribution >= 4 is 17.4 Å². The fraction of sp³-hybridized carbons (Fsp3) is 0.167. The lowest BCUT2D eigenvalue weighted by atomic mass is 10.1. The molecule has 0 aliphatic carbocycles. The topological polar surface area (TPSA) is 37.8 Å². The van der Waals surface area contributed by atoms with Crippen LogP contribution in [0.5, 0.6) is 0 Å². The Balaban J connectivity index is 2.11. The van der Waals surface area contributed by atoms with Gasteiger partial charge in [-0.3, -0.25) is 0 Å². The molecule has 1 aromatic heterocycles. The Morgan fingerprint density at radius 1 is 1.24 bits per heavy atom. The fourth-order valence-electron chi connectivity index (χ4n) is 1.47. The molecule has 1 atom stereocenters. The van der Waals surface area contributed by atoms with Gasteiger partial charge in [0.2, 0.25) is 0 Å². The fourth-order valence-corrected chi connectivity index (χ4v) is 1.62.